The van der Waals surface area contributed by atoms with Crippen molar-refractivity contribution in [2.45, 2.75) is 25.0 Å². The first-order chi connectivity index (χ1) is 10.2. The van der Waals surface area contributed by atoms with E-state index in [9.17, 15) is 5.11 Å². The first-order valence-corrected chi connectivity index (χ1v) is 7.55. The van der Waals surface area contributed by atoms with Crippen LogP contribution < -0.4 is 14.8 Å². The second-order valence-electron chi connectivity index (χ2n) is 5.53. The molecule has 5 heteroatoms. The summed E-state index contributed by atoms with van der Waals surface area (Å²) in [6.07, 6.45) is 2.12. The quantitative estimate of drug-likeness (QED) is 0.633. The van der Waals surface area contributed by atoms with Crippen LogP contribution in [0.1, 0.15) is 12.8 Å². The van der Waals surface area contributed by atoms with Crippen LogP contribution in [0.5, 0.6) is 11.5 Å². The average molecular weight is 294 g/mol. The number of aliphatic hydroxyl groups excluding tert-OH is 1. The number of nitrogens with zero attached hydrogens (tertiary/aromatic N) is 1. The Morgan fingerprint density at radius 3 is 2.71 bits per heavy atom. The van der Waals surface area contributed by atoms with Crippen LogP contribution in [0.3, 0.4) is 0 Å². The summed E-state index contributed by atoms with van der Waals surface area (Å²) in [7, 11) is 3.76. The largest absolute Gasteiger partial charge is 0.493 e. The van der Waals surface area contributed by atoms with E-state index in [1.165, 1.54) is 12.8 Å². The Kier molecular flexibility index (Phi) is 6.29. The lowest BCUT2D eigenvalue weighted by Crippen LogP contribution is -2.36. The van der Waals surface area contributed by atoms with Crippen LogP contribution in [0.2, 0.25) is 0 Å². The topological polar surface area (TPSA) is 54.0 Å². The Hall–Kier alpha value is -1.30. The molecular weight excluding hydrogens is 268 g/mol. The van der Waals surface area contributed by atoms with E-state index in [-0.39, 0.29) is 6.61 Å². The molecule has 1 aromatic rings. The fourth-order valence-electron chi connectivity index (χ4n) is 2.20. The minimum Gasteiger partial charge on any atom is -0.493 e. The molecule has 5 nitrogen and oxygen atoms in total. The number of aliphatic hydroxyl groups is 1. The van der Waals surface area contributed by atoms with E-state index in [0.717, 1.165) is 19.1 Å². The van der Waals surface area contributed by atoms with Crippen molar-refractivity contribution in [2.75, 3.05) is 40.4 Å². The van der Waals surface area contributed by atoms with Gasteiger partial charge in [-0.3, -0.25) is 0 Å². The zero-order chi connectivity index (χ0) is 15.1. The van der Waals surface area contributed by atoms with E-state index in [2.05, 4.69) is 17.3 Å². The van der Waals surface area contributed by atoms with Crippen LogP contribution in [0.15, 0.2) is 24.3 Å². The van der Waals surface area contributed by atoms with Gasteiger partial charge in [0.1, 0.15) is 12.7 Å². The van der Waals surface area contributed by atoms with E-state index >= 15 is 0 Å². The van der Waals surface area contributed by atoms with Gasteiger partial charge in [0.05, 0.1) is 7.11 Å². The molecule has 118 valence electrons. The second-order valence-corrected chi connectivity index (χ2v) is 5.53. The molecule has 1 aromatic carbocycles. The lowest BCUT2D eigenvalue weighted by atomic mass is 10.3. The van der Waals surface area contributed by atoms with Gasteiger partial charge in [-0.15, -0.1) is 0 Å². The summed E-state index contributed by atoms with van der Waals surface area (Å²) in [5.41, 5.74) is 0. The Balaban J connectivity index is 1.59. The van der Waals surface area contributed by atoms with E-state index in [4.69, 9.17) is 9.47 Å². The number of methoxy groups -OCH3 is 1. The van der Waals surface area contributed by atoms with Gasteiger partial charge in [-0.2, -0.15) is 0 Å². The first kappa shape index (κ1) is 16.1. The SMILES string of the molecule is COc1ccccc1OCC(O)CNCCN(C)C1CC1. The summed E-state index contributed by atoms with van der Waals surface area (Å²) < 4.78 is 10.8. The van der Waals surface area contributed by atoms with Crippen molar-refractivity contribution in [3.8, 4) is 11.5 Å². The number of hydrogen-bond acceptors (Lipinski definition) is 5. The van der Waals surface area contributed by atoms with Gasteiger partial charge in [-0.05, 0) is 32.0 Å². The lowest BCUT2D eigenvalue weighted by molar-refractivity contribution is 0.104. The van der Waals surface area contributed by atoms with Crippen molar-refractivity contribution in [2.24, 2.45) is 0 Å². The molecule has 1 saturated carbocycles. The molecule has 0 heterocycles. The summed E-state index contributed by atoms with van der Waals surface area (Å²) >= 11 is 0. The maximum Gasteiger partial charge on any atom is 0.161 e. The van der Waals surface area contributed by atoms with Crippen molar-refractivity contribution < 1.29 is 14.6 Å². The number of para-hydroxylation sites is 2. The maximum atomic E-state index is 9.92. The number of benzene rings is 1. The monoisotopic (exact) mass is 294 g/mol. The Bertz CT molecular complexity index is 424. The van der Waals surface area contributed by atoms with Crippen molar-refractivity contribution in [3.05, 3.63) is 24.3 Å². The summed E-state index contributed by atoms with van der Waals surface area (Å²) in [6, 6.07) is 8.23. The van der Waals surface area contributed by atoms with Crippen molar-refractivity contribution >= 4 is 0 Å². The molecule has 1 fully saturated rings. The minimum atomic E-state index is -0.527. The number of likely N-dealkylation sites (N-methyl/N-ethyl adjacent to an activating group) is 1. The number of ether oxygens (including phenoxy) is 2. The highest BCUT2D eigenvalue weighted by Crippen LogP contribution is 2.26. The van der Waals surface area contributed by atoms with Crippen LogP contribution in [-0.4, -0.2) is 62.6 Å². The predicted molar refractivity (Wildman–Crippen MR) is 83.0 cm³/mol. The Labute approximate surface area is 126 Å². The fraction of sp³-hybridized carbons (Fsp3) is 0.625. The molecule has 0 amide bonds. The van der Waals surface area contributed by atoms with E-state index in [1.54, 1.807) is 7.11 Å². The molecule has 0 bridgehead atoms. The molecule has 0 aliphatic heterocycles. The van der Waals surface area contributed by atoms with Crippen LogP contribution in [0.4, 0.5) is 0 Å². The molecule has 2 rings (SSSR count). The third kappa shape index (κ3) is 5.53. The summed E-state index contributed by atoms with van der Waals surface area (Å²) in [4.78, 5) is 2.37. The second kappa shape index (κ2) is 8.22. The van der Waals surface area contributed by atoms with Crippen LogP contribution >= 0.6 is 0 Å². The molecular formula is C16H26N2O3. The van der Waals surface area contributed by atoms with Gasteiger partial charge >= 0.3 is 0 Å². The van der Waals surface area contributed by atoms with Crippen LogP contribution in [0, 0.1) is 0 Å². The summed E-state index contributed by atoms with van der Waals surface area (Å²) in [6.45, 7) is 2.70. The maximum absolute atomic E-state index is 9.92. The van der Waals surface area contributed by atoms with Gasteiger partial charge in [-0.25, -0.2) is 0 Å². The number of hydrogen-bond donors (Lipinski definition) is 2. The molecule has 0 spiro atoms. The highest BCUT2D eigenvalue weighted by Gasteiger charge is 2.25. The van der Waals surface area contributed by atoms with E-state index in [0.29, 0.717) is 18.0 Å². The number of rotatable bonds is 10. The zero-order valence-electron chi connectivity index (χ0n) is 12.9. The normalized spacial score (nSPS) is 16.0. The summed E-state index contributed by atoms with van der Waals surface area (Å²) in [5, 5.41) is 13.2. The highest BCUT2D eigenvalue weighted by molar-refractivity contribution is 5.39. The third-order valence-electron chi connectivity index (χ3n) is 3.69. The van der Waals surface area contributed by atoms with Gasteiger partial charge in [0, 0.05) is 25.7 Å². The van der Waals surface area contributed by atoms with Gasteiger partial charge < -0.3 is 24.8 Å². The first-order valence-electron chi connectivity index (χ1n) is 7.55. The summed E-state index contributed by atoms with van der Waals surface area (Å²) in [5.74, 6) is 1.34. The molecule has 0 aromatic heterocycles. The standard InChI is InChI=1S/C16H26N2O3/c1-18(13-7-8-13)10-9-17-11-14(19)12-21-16-6-4-3-5-15(16)20-2/h3-6,13-14,17,19H,7-12H2,1-2H3. The van der Waals surface area contributed by atoms with E-state index in [1.807, 2.05) is 24.3 Å². The fourth-order valence-corrected chi connectivity index (χ4v) is 2.20. The molecule has 2 N–H and O–H groups in total. The van der Waals surface area contributed by atoms with Crippen LogP contribution in [0.25, 0.3) is 0 Å². The molecule has 0 radical (unpaired) electrons. The molecule has 0 saturated heterocycles. The van der Waals surface area contributed by atoms with Gasteiger partial charge in [0.15, 0.2) is 11.5 Å². The third-order valence-corrected chi connectivity index (χ3v) is 3.69. The van der Waals surface area contributed by atoms with Crippen molar-refractivity contribution in [3.63, 3.8) is 0 Å². The van der Waals surface area contributed by atoms with E-state index < -0.39 is 6.10 Å². The lowest BCUT2D eigenvalue weighted by Gasteiger charge is -2.18. The minimum absolute atomic E-state index is 0.256. The van der Waals surface area contributed by atoms with Crippen molar-refractivity contribution in [1.29, 1.82) is 0 Å². The van der Waals surface area contributed by atoms with Gasteiger partial charge in [0.2, 0.25) is 0 Å². The van der Waals surface area contributed by atoms with Gasteiger partial charge in [-0.1, -0.05) is 12.1 Å². The molecule has 1 aliphatic rings. The van der Waals surface area contributed by atoms with Gasteiger partial charge in [0.25, 0.3) is 0 Å². The predicted octanol–water partition coefficient (Wildman–Crippen LogP) is 1.12. The highest BCUT2D eigenvalue weighted by atomic mass is 16.5. The molecule has 1 aliphatic carbocycles. The Morgan fingerprint density at radius 1 is 1.33 bits per heavy atom. The smallest absolute Gasteiger partial charge is 0.161 e. The zero-order valence-corrected chi connectivity index (χ0v) is 12.9. The molecule has 1 unspecified atom stereocenters. The van der Waals surface area contributed by atoms with Crippen molar-refractivity contribution in [1.82, 2.24) is 10.2 Å². The Morgan fingerprint density at radius 2 is 2.05 bits per heavy atom. The molecule has 21 heavy (non-hydrogen) atoms. The molecule has 1 atom stereocenters. The average Bonchev–Trinajstić information content (AvgIpc) is 3.34. The number of nitrogens with one attached hydrogen (secondary N) is 1. The van der Waals surface area contributed by atoms with Crippen LogP contribution in [-0.2, 0) is 0 Å².